The van der Waals surface area contributed by atoms with E-state index in [0.29, 0.717) is 31.1 Å². The van der Waals surface area contributed by atoms with Crippen molar-refractivity contribution >= 4 is 16.8 Å². The summed E-state index contributed by atoms with van der Waals surface area (Å²) in [5, 5.41) is 3.90. The van der Waals surface area contributed by atoms with Crippen LogP contribution in [0.5, 0.6) is 11.5 Å². The zero-order valence-corrected chi connectivity index (χ0v) is 16.0. The number of amides is 1. The lowest BCUT2D eigenvalue weighted by molar-refractivity contribution is 0.0954. The smallest absolute Gasteiger partial charge is 0.252 e. The average Bonchev–Trinajstić information content (AvgIpc) is 2.75. The van der Waals surface area contributed by atoms with Gasteiger partial charge in [0, 0.05) is 17.5 Å². The summed E-state index contributed by atoms with van der Waals surface area (Å²) in [6.07, 6.45) is 3.22. The molecule has 0 unspecified atom stereocenters. The number of hydrogen-bond donors (Lipinski definition) is 1. The van der Waals surface area contributed by atoms with Crippen LogP contribution >= 0.6 is 0 Å². The first-order valence-corrected chi connectivity index (χ1v) is 9.84. The van der Waals surface area contributed by atoms with Crippen molar-refractivity contribution in [1.82, 2.24) is 10.3 Å². The molecule has 1 N–H and O–H groups in total. The van der Waals surface area contributed by atoms with E-state index in [1.165, 1.54) is 0 Å². The van der Waals surface area contributed by atoms with Crippen LogP contribution in [0.2, 0.25) is 0 Å². The molecule has 5 heteroatoms. The van der Waals surface area contributed by atoms with Crippen LogP contribution < -0.4 is 14.8 Å². The number of pyridine rings is 1. The van der Waals surface area contributed by atoms with E-state index in [9.17, 15) is 4.79 Å². The normalized spacial score (nSPS) is 12.8. The van der Waals surface area contributed by atoms with Gasteiger partial charge in [-0.1, -0.05) is 38.0 Å². The number of rotatable bonds is 6. The second kappa shape index (κ2) is 8.30. The largest absolute Gasteiger partial charge is 0.486 e. The van der Waals surface area contributed by atoms with Gasteiger partial charge in [0.15, 0.2) is 11.5 Å². The highest BCUT2D eigenvalue weighted by Crippen LogP contribution is 2.35. The van der Waals surface area contributed by atoms with E-state index in [-0.39, 0.29) is 5.91 Å². The fourth-order valence-electron chi connectivity index (χ4n) is 3.39. The molecule has 0 atom stereocenters. The first kappa shape index (κ1) is 18.3. The molecule has 1 aliphatic heterocycles. The summed E-state index contributed by atoms with van der Waals surface area (Å²) in [5.74, 6) is 1.39. The third-order valence-electron chi connectivity index (χ3n) is 4.86. The Morgan fingerprint density at radius 1 is 1.04 bits per heavy atom. The van der Waals surface area contributed by atoms with E-state index >= 15 is 0 Å². The van der Waals surface area contributed by atoms with Gasteiger partial charge >= 0.3 is 0 Å². The number of fused-ring (bicyclic) bond motifs is 2. The van der Waals surface area contributed by atoms with Gasteiger partial charge in [0.05, 0.1) is 16.8 Å². The lowest BCUT2D eigenvalue weighted by atomic mass is 10.0. The summed E-state index contributed by atoms with van der Waals surface area (Å²) in [5.41, 5.74) is 3.09. The minimum absolute atomic E-state index is 0.0616. The Bertz CT molecular complexity index is 1000. The van der Waals surface area contributed by atoms with Crippen molar-refractivity contribution in [2.75, 3.05) is 19.8 Å². The number of unbranched alkanes of at least 4 members (excludes halogenated alkanes) is 2. The third kappa shape index (κ3) is 3.79. The molecule has 1 aromatic heterocycles. The molecule has 2 heterocycles. The zero-order chi connectivity index (χ0) is 19.3. The van der Waals surface area contributed by atoms with Crippen LogP contribution in [0.4, 0.5) is 0 Å². The van der Waals surface area contributed by atoms with E-state index in [4.69, 9.17) is 14.5 Å². The fourth-order valence-corrected chi connectivity index (χ4v) is 3.39. The molecule has 4 rings (SSSR count). The van der Waals surface area contributed by atoms with Crippen molar-refractivity contribution in [3.63, 3.8) is 0 Å². The van der Waals surface area contributed by atoms with Gasteiger partial charge in [-0.2, -0.15) is 0 Å². The van der Waals surface area contributed by atoms with Gasteiger partial charge in [-0.25, -0.2) is 4.98 Å². The average molecular weight is 376 g/mol. The molecule has 0 saturated heterocycles. The molecular formula is C23H24N2O3. The highest BCUT2D eigenvalue weighted by atomic mass is 16.6. The Hall–Kier alpha value is -3.08. The zero-order valence-electron chi connectivity index (χ0n) is 16.0. The van der Waals surface area contributed by atoms with E-state index in [1.807, 2.05) is 48.5 Å². The van der Waals surface area contributed by atoms with E-state index < -0.39 is 0 Å². The van der Waals surface area contributed by atoms with Crippen LogP contribution in [0.3, 0.4) is 0 Å². The van der Waals surface area contributed by atoms with Gasteiger partial charge in [0.2, 0.25) is 0 Å². The Morgan fingerprint density at radius 3 is 2.71 bits per heavy atom. The van der Waals surface area contributed by atoms with Gasteiger partial charge in [0.1, 0.15) is 13.2 Å². The molecule has 0 spiro atoms. The van der Waals surface area contributed by atoms with Crippen LogP contribution in [-0.2, 0) is 0 Å². The van der Waals surface area contributed by atoms with Crippen molar-refractivity contribution in [3.8, 4) is 22.8 Å². The summed E-state index contributed by atoms with van der Waals surface area (Å²) in [4.78, 5) is 17.6. The first-order chi connectivity index (χ1) is 13.8. The maximum absolute atomic E-state index is 12.9. The maximum Gasteiger partial charge on any atom is 0.252 e. The lowest BCUT2D eigenvalue weighted by Gasteiger charge is -2.19. The molecule has 2 aromatic carbocycles. The number of para-hydroxylation sites is 1. The predicted molar refractivity (Wildman–Crippen MR) is 110 cm³/mol. The highest BCUT2D eigenvalue weighted by molar-refractivity contribution is 6.07. The van der Waals surface area contributed by atoms with Gasteiger partial charge < -0.3 is 14.8 Å². The van der Waals surface area contributed by atoms with Gasteiger partial charge in [-0.05, 0) is 36.8 Å². The van der Waals surface area contributed by atoms with E-state index in [0.717, 1.165) is 47.2 Å². The number of aromatic nitrogens is 1. The summed E-state index contributed by atoms with van der Waals surface area (Å²) < 4.78 is 11.3. The summed E-state index contributed by atoms with van der Waals surface area (Å²) in [6.45, 7) is 3.93. The minimum Gasteiger partial charge on any atom is -0.486 e. The van der Waals surface area contributed by atoms with Crippen LogP contribution in [-0.4, -0.2) is 30.6 Å². The monoisotopic (exact) mass is 376 g/mol. The molecule has 1 amide bonds. The molecule has 0 saturated carbocycles. The summed E-state index contributed by atoms with van der Waals surface area (Å²) >= 11 is 0. The van der Waals surface area contributed by atoms with Crippen molar-refractivity contribution < 1.29 is 14.3 Å². The Morgan fingerprint density at radius 2 is 1.86 bits per heavy atom. The van der Waals surface area contributed by atoms with Gasteiger partial charge in [-0.3, -0.25) is 4.79 Å². The molecule has 0 bridgehead atoms. The van der Waals surface area contributed by atoms with Gasteiger partial charge in [-0.15, -0.1) is 0 Å². The number of carbonyl (C=O) groups is 1. The third-order valence-corrected chi connectivity index (χ3v) is 4.86. The molecule has 0 radical (unpaired) electrons. The summed E-state index contributed by atoms with van der Waals surface area (Å²) in [7, 11) is 0. The molecule has 1 aliphatic rings. The Labute approximate surface area is 164 Å². The quantitative estimate of drug-likeness (QED) is 0.639. The number of hydrogen-bond acceptors (Lipinski definition) is 4. The van der Waals surface area contributed by atoms with Crippen molar-refractivity contribution in [3.05, 3.63) is 54.1 Å². The Balaban J connectivity index is 1.71. The van der Waals surface area contributed by atoms with Gasteiger partial charge in [0.25, 0.3) is 5.91 Å². The number of nitrogens with one attached hydrogen (secondary N) is 1. The molecule has 0 aliphatic carbocycles. The summed E-state index contributed by atoms with van der Waals surface area (Å²) in [6, 6.07) is 15.4. The fraction of sp³-hybridized carbons (Fsp3) is 0.304. The number of carbonyl (C=O) groups excluding carboxylic acids is 1. The van der Waals surface area contributed by atoms with Crippen LogP contribution in [0.1, 0.15) is 36.5 Å². The molecule has 28 heavy (non-hydrogen) atoms. The lowest BCUT2D eigenvalue weighted by Crippen LogP contribution is -2.24. The molecule has 0 fully saturated rings. The Kier molecular flexibility index (Phi) is 5.42. The number of benzene rings is 2. The van der Waals surface area contributed by atoms with Crippen LogP contribution in [0.25, 0.3) is 22.2 Å². The maximum atomic E-state index is 12.9. The first-order valence-electron chi connectivity index (χ1n) is 9.84. The van der Waals surface area contributed by atoms with Crippen LogP contribution in [0, 0.1) is 0 Å². The molecular weight excluding hydrogens is 352 g/mol. The molecule has 144 valence electrons. The van der Waals surface area contributed by atoms with Crippen LogP contribution in [0.15, 0.2) is 48.5 Å². The van der Waals surface area contributed by atoms with Crippen molar-refractivity contribution in [2.24, 2.45) is 0 Å². The SMILES string of the molecule is CCCCCNC(=O)c1cc(-c2ccc3c(c2)OCCO3)nc2ccccc12. The standard InChI is InChI=1S/C23H24N2O3/c1-2-3-6-11-24-23(26)18-15-20(25-19-8-5-4-7-17(18)19)16-9-10-21-22(14-16)28-13-12-27-21/h4-5,7-10,14-15H,2-3,6,11-13H2,1H3,(H,24,26). The van der Waals surface area contributed by atoms with Crippen molar-refractivity contribution in [1.29, 1.82) is 0 Å². The second-order valence-corrected chi connectivity index (χ2v) is 6.89. The number of ether oxygens (including phenoxy) is 2. The highest BCUT2D eigenvalue weighted by Gasteiger charge is 2.16. The molecule has 5 nitrogen and oxygen atoms in total. The van der Waals surface area contributed by atoms with E-state index in [1.54, 1.807) is 0 Å². The number of nitrogens with zero attached hydrogens (tertiary/aromatic N) is 1. The second-order valence-electron chi connectivity index (χ2n) is 6.89. The predicted octanol–water partition coefficient (Wildman–Crippen LogP) is 4.59. The minimum atomic E-state index is -0.0616. The van der Waals surface area contributed by atoms with E-state index in [2.05, 4.69) is 12.2 Å². The molecule has 3 aromatic rings. The van der Waals surface area contributed by atoms with Crippen molar-refractivity contribution in [2.45, 2.75) is 26.2 Å². The topological polar surface area (TPSA) is 60.5 Å².